The SMILES string of the molecule is CCCC1NC(=O)CCN(C2CCCC2)C1=O. The van der Waals surface area contributed by atoms with Crippen LogP contribution in [0.2, 0.25) is 0 Å². The van der Waals surface area contributed by atoms with Crippen LogP contribution in [0.25, 0.3) is 0 Å². The van der Waals surface area contributed by atoms with Gasteiger partial charge in [-0.3, -0.25) is 9.59 Å². The quantitative estimate of drug-likeness (QED) is 0.809. The van der Waals surface area contributed by atoms with Gasteiger partial charge in [-0.25, -0.2) is 0 Å². The van der Waals surface area contributed by atoms with Crippen LogP contribution in [0.3, 0.4) is 0 Å². The van der Waals surface area contributed by atoms with Crippen molar-refractivity contribution in [2.45, 2.75) is 64.0 Å². The van der Waals surface area contributed by atoms with Crippen molar-refractivity contribution in [1.82, 2.24) is 10.2 Å². The molecule has 1 unspecified atom stereocenters. The van der Waals surface area contributed by atoms with Gasteiger partial charge in [0.05, 0.1) is 0 Å². The summed E-state index contributed by atoms with van der Waals surface area (Å²) in [7, 11) is 0. The van der Waals surface area contributed by atoms with E-state index in [4.69, 9.17) is 0 Å². The van der Waals surface area contributed by atoms with E-state index in [0.717, 1.165) is 25.7 Å². The van der Waals surface area contributed by atoms with Crippen LogP contribution >= 0.6 is 0 Å². The van der Waals surface area contributed by atoms with Gasteiger partial charge in [0, 0.05) is 19.0 Å². The monoisotopic (exact) mass is 238 g/mol. The second kappa shape index (κ2) is 5.52. The lowest BCUT2D eigenvalue weighted by Crippen LogP contribution is -2.47. The summed E-state index contributed by atoms with van der Waals surface area (Å²) in [4.78, 5) is 25.9. The van der Waals surface area contributed by atoms with Crippen molar-refractivity contribution in [2.75, 3.05) is 6.54 Å². The van der Waals surface area contributed by atoms with Gasteiger partial charge in [0.1, 0.15) is 6.04 Å². The molecule has 2 fully saturated rings. The fourth-order valence-corrected chi connectivity index (χ4v) is 2.92. The average molecular weight is 238 g/mol. The van der Waals surface area contributed by atoms with Gasteiger partial charge < -0.3 is 10.2 Å². The maximum Gasteiger partial charge on any atom is 0.245 e. The Morgan fingerprint density at radius 1 is 1.29 bits per heavy atom. The van der Waals surface area contributed by atoms with Gasteiger partial charge in [0.15, 0.2) is 0 Å². The molecule has 1 atom stereocenters. The first-order chi connectivity index (χ1) is 8.22. The summed E-state index contributed by atoms with van der Waals surface area (Å²) in [5, 5.41) is 2.85. The van der Waals surface area contributed by atoms with Crippen LogP contribution in [-0.2, 0) is 9.59 Å². The fraction of sp³-hybridized carbons (Fsp3) is 0.846. The van der Waals surface area contributed by atoms with Gasteiger partial charge in [-0.15, -0.1) is 0 Å². The number of nitrogens with one attached hydrogen (secondary N) is 1. The number of nitrogens with zero attached hydrogens (tertiary/aromatic N) is 1. The van der Waals surface area contributed by atoms with Crippen LogP contribution in [0, 0.1) is 0 Å². The Kier molecular flexibility index (Phi) is 4.02. The molecule has 1 aliphatic carbocycles. The van der Waals surface area contributed by atoms with E-state index in [9.17, 15) is 9.59 Å². The Morgan fingerprint density at radius 2 is 2.00 bits per heavy atom. The Labute approximate surface area is 103 Å². The normalized spacial score (nSPS) is 27.1. The summed E-state index contributed by atoms with van der Waals surface area (Å²) >= 11 is 0. The first-order valence-electron chi connectivity index (χ1n) is 6.82. The molecule has 4 heteroatoms. The van der Waals surface area contributed by atoms with E-state index in [1.165, 1.54) is 12.8 Å². The van der Waals surface area contributed by atoms with Crippen molar-refractivity contribution in [1.29, 1.82) is 0 Å². The lowest BCUT2D eigenvalue weighted by Gasteiger charge is -2.29. The maximum atomic E-state index is 12.4. The first-order valence-corrected chi connectivity index (χ1v) is 6.82. The zero-order chi connectivity index (χ0) is 12.3. The van der Waals surface area contributed by atoms with E-state index >= 15 is 0 Å². The topological polar surface area (TPSA) is 49.4 Å². The molecule has 1 saturated carbocycles. The van der Waals surface area contributed by atoms with Crippen molar-refractivity contribution in [3.63, 3.8) is 0 Å². The number of rotatable bonds is 3. The zero-order valence-corrected chi connectivity index (χ0v) is 10.6. The van der Waals surface area contributed by atoms with Gasteiger partial charge >= 0.3 is 0 Å². The molecule has 0 aromatic rings. The van der Waals surface area contributed by atoms with E-state index in [0.29, 0.717) is 19.0 Å². The Hall–Kier alpha value is -1.06. The molecule has 1 heterocycles. The average Bonchev–Trinajstić information content (AvgIpc) is 2.78. The highest BCUT2D eigenvalue weighted by Gasteiger charge is 2.34. The molecule has 0 aromatic heterocycles. The third-order valence-electron chi connectivity index (χ3n) is 3.84. The second-order valence-electron chi connectivity index (χ2n) is 5.13. The van der Waals surface area contributed by atoms with Crippen LogP contribution in [-0.4, -0.2) is 35.3 Å². The van der Waals surface area contributed by atoms with E-state index < -0.39 is 0 Å². The van der Waals surface area contributed by atoms with Gasteiger partial charge in [-0.05, 0) is 19.3 Å². The van der Waals surface area contributed by atoms with Crippen molar-refractivity contribution in [2.24, 2.45) is 0 Å². The van der Waals surface area contributed by atoms with E-state index in [1.807, 2.05) is 11.8 Å². The lowest BCUT2D eigenvalue weighted by molar-refractivity contribution is -0.135. The molecular weight excluding hydrogens is 216 g/mol. The molecule has 0 radical (unpaired) electrons. The molecular formula is C13H22N2O2. The number of carbonyl (C=O) groups is 2. The van der Waals surface area contributed by atoms with Crippen LogP contribution in [0.4, 0.5) is 0 Å². The number of carbonyl (C=O) groups excluding carboxylic acids is 2. The molecule has 0 bridgehead atoms. The van der Waals surface area contributed by atoms with Gasteiger partial charge in [0.2, 0.25) is 11.8 Å². The number of hydrogen-bond acceptors (Lipinski definition) is 2. The minimum absolute atomic E-state index is 0.0253. The van der Waals surface area contributed by atoms with Gasteiger partial charge in [-0.2, -0.15) is 0 Å². The second-order valence-corrected chi connectivity index (χ2v) is 5.13. The highest BCUT2D eigenvalue weighted by atomic mass is 16.2. The summed E-state index contributed by atoms with van der Waals surface area (Å²) in [5.41, 5.74) is 0. The third-order valence-corrected chi connectivity index (χ3v) is 3.84. The Morgan fingerprint density at radius 3 is 2.65 bits per heavy atom. The lowest BCUT2D eigenvalue weighted by atomic mass is 10.1. The summed E-state index contributed by atoms with van der Waals surface area (Å²) in [5.74, 6) is 0.168. The molecule has 1 aliphatic heterocycles. The van der Waals surface area contributed by atoms with Crippen LogP contribution in [0.1, 0.15) is 51.9 Å². The summed E-state index contributed by atoms with van der Waals surface area (Å²) in [6.45, 7) is 2.65. The zero-order valence-electron chi connectivity index (χ0n) is 10.6. The molecule has 4 nitrogen and oxygen atoms in total. The molecule has 1 N–H and O–H groups in total. The van der Waals surface area contributed by atoms with Crippen molar-refractivity contribution >= 4 is 11.8 Å². The Balaban J connectivity index is 2.08. The van der Waals surface area contributed by atoms with Crippen molar-refractivity contribution in [3.8, 4) is 0 Å². The smallest absolute Gasteiger partial charge is 0.245 e. The van der Waals surface area contributed by atoms with Crippen molar-refractivity contribution in [3.05, 3.63) is 0 Å². The number of hydrogen-bond donors (Lipinski definition) is 1. The standard InChI is InChI=1S/C13H22N2O2/c1-2-5-11-13(17)15(9-8-12(16)14-11)10-6-3-4-7-10/h10-11H,2-9H2,1H3,(H,14,16). The van der Waals surface area contributed by atoms with E-state index in [1.54, 1.807) is 0 Å². The first kappa shape index (κ1) is 12.4. The fourth-order valence-electron chi connectivity index (χ4n) is 2.92. The highest BCUT2D eigenvalue weighted by molar-refractivity contribution is 5.90. The minimum atomic E-state index is -0.282. The predicted molar refractivity (Wildman–Crippen MR) is 65.4 cm³/mol. The van der Waals surface area contributed by atoms with Gasteiger partial charge in [0.25, 0.3) is 0 Å². The molecule has 0 spiro atoms. The summed E-state index contributed by atoms with van der Waals surface area (Å²) < 4.78 is 0. The summed E-state index contributed by atoms with van der Waals surface area (Å²) in [6.07, 6.45) is 6.80. The Bertz CT molecular complexity index is 298. The molecule has 1 saturated heterocycles. The minimum Gasteiger partial charge on any atom is -0.344 e. The predicted octanol–water partition coefficient (Wildman–Crippen LogP) is 1.45. The molecule has 2 aliphatic rings. The van der Waals surface area contributed by atoms with Crippen LogP contribution < -0.4 is 5.32 Å². The number of amides is 2. The van der Waals surface area contributed by atoms with Gasteiger partial charge in [-0.1, -0.05) is 26.2 Å². The van der Waals surface area contributed by atoms with Crippen LogP contribution in [0.15, 0.2) is 0 Å². The van der Waals surface area contributed by atoms with Crippen LogP contribution in [0.5, 0.6) is 0 Å². The molecule has 2 rings (SSSR count). The van der Waals surface area contributed by atoms with E-state index in [2.05, 4.69) is 5.32 Å². The molecule has 17 heavy (non-hydrogen) atoms. The van der Waals surface area contributed by atoms with E-state index in [-0.39, 0.29) is 17.9 Å². The third kappa shape index (κ3) is 2.79. The molecule has 96 valence electrons. The van der Waals surface area contributed by atoms with Crippen molar-refractivity contribution < 1.29 is 9.59 Å². The molecule has 2 amide bonds. The molecule has 0 aromatic carbocycles. The summed E-state index contributed by atoms with van der Waals surface area (Å²) in [6, 6.07) is 0.102. The highest BCUT2D eigenvalue weighted by Crippen LogP contribution is 2.25. The largest absolute Gasteiger partial charge is 0.344 e. The maximum absolute atomic E-state index is 12.4.